The topological polar surface area (TPSA) is 35.5 Å². The van der Waals surface area contributed by atoms with E-state index in [2.05, 4.69) is 10.2 Å². The van der Waals surface area contributed by atoms with Gasteiger partial charge >= 0.3 is 0 Å². The molecular formula is C12H24N2O. The molecule has 15 heavy (non-hydrogen) atoms. The maximum atomic E-state index is 9.63. The van der Waals surface area contributed by atoms with E-state index in [1.54, 1.807) is 0 Å². The third-order valence-corrected chi connectivity index (χ3v) is 4.09. The highest BCUT2D eigenvalue weighted by Crippen LogP contribution is 2.40. The molecule has 2 fully saturated rings. The highest BCUT2D eigenvalue weighted by Gasteiger charge is 2.44. The molecule has 1 atom stereocenters. The van der Waals surface area contributed by atoms with Crippen LogP contribution in [0.3, 0.4) is 0 Å². The largest absolute Gasteiger partial charge is 0.394 e. The van der Waals surface area contributed by atoms with Crippen LogP contribution in [0.4, 0.5) is 0 Å². The lowest BCUT2D eigenvalue weighted by molar-refractivity contribution is 0.0873. The summed E-state index contributed by atoms with van der Waals surface area (Å²) in [6, 6.07) is 0. The van der Waals surface area contributed by atoms with Gasteiger partial charge in [0.25, 0.3) is 0 Å². The van der Waals surface area contributed by atoms with Crippen LogP contribution in [0.15, 0.2) is 0 Å². The summed E-state index contributed by atoms with van der Waals surface area (Å²) in [4.78, 5) is 2.52. The highest BCUT2D eigenvalue weighted by molar-refractivity contribution is 5.02. The summed E-state index contributed by atoms with van der Waals surface area (Å²) in [5, 5.41) is 13.0. The lowest BCUT2D eigenvalue weighted by atomic mass is 9.92. The molecule has 1 saturated carbocycles. The van der Waals surface area contributed by atoms with Gasteiger partial charge in [0.2, 0.25) is 0 Å². The van der Waals surface area contributed by atoms with Gasteiger partial charge in [-0.2, -0.15) is 0 Å². The molecule has 0 aromatic carbocycles. The van der Waals surface area contributed by atoms with E-state index in [1.165, 1.54) is 45.2 Å². The Hall–Kier alpha value is -0.120. The second-order valence-corrected chi connectivity index (χ2v) is 5.18. The summed E-state index contributed by atoms with van der Waals surface area (Å²) in [6.45, 7) is 3.75. The van der Waals surface area contributed by atoms with Crippen molar-refractivity contribution in [3.63, 3.8) is 0 Å². The number of nitrogens with zero attached hydrogens (tertiary/aromatic N) is 1. The Kier molecular flexibility index (Phi) is 3.65. The van der Waals surface area contributed by atoms with Crippen molar-refractivity contribution in [3.05, 3.63) is 0 Å². The summed E-state index contributed by atoms with van der Waals surface area (Å²) >= 11 is 0. The summed E-state index contributed by atoms with van der Waals surface area (Å²) < 4.78 is 0. The molecule has 3 heteroatoms. The molecule has 0 radical (unpaired) electrons. The van der Waals surface area contributed by atoms with Crippen molar-refractivity contribution in [2.75, 3.05) is 33.3 Å². The molecule has 0 aromatic heterocycles. The summed E-state index contributed by atoms with van der Waals surface area (Å²) in [6.07, 6.45) is 6.61. The number of aliphatic hydroxyl groups excluding tert-OH is 1. The predicted octanol–water partition coefficient (Wildman–Crippen LogP) is 0.833. The molecular weight excluding hydrogens is 188 g/mol. The molecule has 0 bridgehead atoms. The quantitative estimate of drug-likeness (QED) is 0.708. The first kappa shape index (κ1) is 11.4. The van der Waals surface area contributed by atoms with Crippen LogP contribution in [0.2, 0.25) is 0 Å². The third-order valence-electron chi connectivity index (χ3n) is 4.09. The van der Waals surface area contributed by atoms with E-state index < -0.39 is 0 Å². The van der Waals surface area contributed by atoms with Crippen LogP contribution in [-0.2, 0) is 0 Å². The minimum absolute atomic E-state index is 0.0165. The van der Waals surface area contributed by atoms with Crippen molar-refractivity contribution >= 4 is 0 Å². The van der Waals surface area contributed by atoms with Crippen LogP contribution < -0.4 is 5.32 Å². The van der Waals surface area contributed by atoms with Gasteiger partial charge in [-0.05, 0) is 51.7 Å². The molecule has 0 spiro atoms. The van der Waals surface area contributed by atoms with Gasteiger partial charge < -0.3 is 15.3 Å². The highest BCUT2D eigenvalue weighted by atomic mass is 16.3. The van der Waals surface area contributed by atoms with Crippen LogP contribution in [0.5, 0.6) is 0 Å². The molecule has 1 unspecified atom stereocenters. The number of rotatable bonds is 5. The zero-order chi connectivity index (χ0) is 10.7. The monoisotopic (exact) mass is 212 g/mol. The molecule has 88 valence electrons. The van der Waals surface area contributed by atoms with Crippen LogP contribution >= 0.6 is 0 Å². The van der Waals surface area contributed by atoms with E-state index in [-0.39, 0.29) is 12.1 Å². The smallest absolute Gasteiger partial charge is 0.0628 e. The van der Waals surface area contributed by atoms with Crippen molar-refractivity contribution in [3.8, 4) is 0 Å². The molecule has 3 nitrogen and oxygen atoms in total. The SMILES string of the molecule is CNC(CO)(CN1CCCCC1)C1CC1. The van der Waals surface area contributed by atoms with Crippen LogP contribution in [0, 0.1) is 5.92 Å². The fourth-order valence-electron chi connectivity index (χ4n) is 2.82. The maximum absolute atomic E-state index is 9.63. The second kappa shape index (κ2) is 4.81. The molecule has 0 amide bonds. The molecule has 2 aliphatic rings. The van der Waals surface area contributed by atoms with Crippen LogP contribution in [-0.4, -0.2) is 48.8 Å². The molecule has 1 heterocycles. The van der Waals surface area contributed by atoms with Gasteiger partial charge in [0.1, 0.15) is 0 Å². The van der Waals surface area contributed by atoms with Gasteiger partial charge in [0.15, 0.2) is 0 Å². The molecule has 0 aromatic rings. The number of likely N-dealkylation sites (N-methyl/N-ethyl adjacent to an activating group) is 1. The lowest BCUT2D eigenvalue weighted by Gasteiger charge is -2.39. The average molecular weight is 212 g/mol. The minimum atomic E-state index is -0.0165. The maximum Gasteiger partial charge on any atom is 0.0628 e. The van der Waals surface area contributed by atoms with Crippen molar-refractivity contribution in [2.45, 2.75) is 37.6 Å². The summed E-state index contributed by atoms with van der Waals surface area (Å²) in [7, 11) is 2.00. The Morgan fingerprint density at radius 3 is 2.40 bits per heavy atom. The fraction of sp³-hybridized carbons (Fsp3) is 1.00. The lowest BCUT2D eigenvalue weighted by Crippen LogP contribution is -2.57. The number of likely N-dealkylation sites (tertiary alicyclic amines) is 1. The Bertz CT molecular complexity index is 194. The normalized spacial score (nSPS) is 27.6. The second-order valence-electron chi connectivity index (χ2n) is 5.18. The number of aliphatic hydroxyl groups is 1. The van der Waals surface area contributed by atoms with Gasteiger partial charge in [-0.1, -0.05) is 6.42 Å². The third kappa shape index (κ3) is 2.52. The first-order valence-corrected chi connectivity index (χ1v) is 6.33. The Balaban J connectivity index is 1.92. The van der Waals surface area contributed by atoms with Crippen molar-refractivity contribution in [2.24, 2.45) is 5.92 Å². The number of hydrogen-bond donors (Lipinski definition) is 2. The van der Waals surface area contributed by atoms with Gasteiger partial charge in [0.05, 0.1) is 12.1 Å². The number of hydrogen-bond acceptors (Lipinski definition) is 3. The molecule has 1 aliphatic heterocycles. The van der Waals surface area contributed by atoms with E-state index in [9.17, 15) is 5.11 Å². The Labute approximate surface area is 92.8 Å². The van der Waals surface area contributed by atoms with Gasteiger partial charge in [0, 0.05) is 6.54 Å². The minimum Gasteiger partial charge on any atom is -0.394 e. The molecule has 1 aliphatic carbocycles. The fourth-order valence-corrected chi connectivity index (χ4v) is 2.82. The number of nitrogens with one attached hydrogen (secondary N) is 1. The molecule has 2 N–H and O–H groups in total. The molecule has 2 rings (SSSR count). The van der Waals surface area contributed by atoms with E-state index in [0.717, 1.165) is 6.54 Å². The predicted molar refractivity (Wildman–Crippen MR) is 61.9 cm³/mol. The van der Waals surface area contributed by atoms with Crippen molar-refractivity contribution < 1.29 is 5.11 Å². The standard InChI is InChI=1S/C12H24N2O/c1-13-12(10-15,11-5-6-11)9-14-7-3-2-4-8-14/h11,13,15H,2-10H2,1H3. The number of piperidine rings is 1. The van der Waals surface area contributed by atoms with Gasteiger partial charge in [-0.3, -0.25) is 0 Å². The first-order chi connectivity index (χ1) is 7.30. The van der Waals surface area contributed by atoms with Gasteiger partial charge in [-0.25, -0.2) is 0 Å². The van der Waals surface area contributed by atoms with Crippen molar-refractivity contribution in [1.29, 1.82) is 0 Å². The van der Waals surface area contributed by atoms with E-state index in [0.29, 0.717) is 5.92 Å². The zero-order valence-corrected chi connectivity index (χ0v) is 9.84. The Morgan fingerprint density at radius 1 is 1.27 bits per heavy atom. The van der Waals surface area contributed by atoms with E-state index in [4.69, 9.17) is 0 Å². The van der Waals surface area contributed by atoms with Crippen LogP contribution in [0.1, 0.15) is 32.1 Å². The average Bonchev–Trinajstić information content (AvgIpc) is 3.12. The first-order valence-electron chi connectivity index (χ1n) is 6.33. The molecule has 1 saturated heterocycles. The van der Waals surface area contributed by atoms with Crippen molar-refractivity contribution in [1.82, 2.24) is 10.2 Å². The summed E-state index contributed by atoms with van der Waals surface area (Å²) in [5.74, 6) is 0.703. The zero-order valence-electron chi connectivity index (χ0n) is 9.84. The van der Waals surface area contributed by atoms with Crippen LogP contribution in [0.25, 0.3) is 0 Å². The van der Waals surface area contributed by atoms with Gasteiger partial charge in [-0.15, -0.1) is 0 Å². The van der Waals surface area contributed by atoms with E-state index in [1.807, 2.05) is 7.05 Å². The summed E-state index contributed by atoms with van der Waals surface area (Å²) in [5.41, 5.74) is -0.0165. The Morgan fingerprint density at radius 2 is 1.93 bits per heavy atom. The van der Waals surface area contributed by atoms with E-state index >= 15 is 0 Å².